The lowest BCUT2D eigenvalue weighted by Gasteiger charge is -2.14. The lowest BCUT2D eigenvalue weighted by atomic mass is 10.1. The maximum atomic E-state index is 13.9. The first-order valence-electron chi connectivity index (χ1n) is 8.23. The van der Waals surface area contributed by atoms with E-state index in [1.807, 2.05) is 11.6 Å². The van der Waals surface area contributed by atoms with Crippen LogP contribution in [0.5, 0.6) is 0 Å². The minimum atomic E-state index is -1.11. The van der Waals surface area contributed by atoms with Crippen molar-refractivity contribution >= 4 is 17.6 Å². The average molecular weight is 347 g/mol. The van der Waals surface area contributed by atoms with Gasteiger partial charge in [0.15, 0.2) is 5.69 Å². The van der Waals surface area contributed by atoms with E-state index < -0.39 is 24.1 Å². The third-order valence-corrected chi connectivity index (χ3v) is 4.10. The fourth-order valence-corrected chi connectivity index (χ4v) is 2.73. The van der Waals surface area contributed by atoms with Crippen LogP contribution in [0.3, 0.4) is 0 Å². The van der Waals surface area contributed by atoms with E-state index in [-0.39, 0.29) is 23.0 Å². The number of nitrogens with zero attached hydrogens (tertiary/aromatic N) is 2. The normalized spacial score (nSPS) is 10.9. The molecule has 1 aromatic carbocycles. The van der Waals surface area contributed by atoms with E-state index in [9.17, 15) is 14.0 Å². The second-order valence-electron chi connectivity index (χ2n) is 5.92. The number of nitrogens with one attached hydrogen (secondary N) is 1. The first-order chi connectivity index (χ1) is 11.8. The molecule has 0 atom stereocenters. The van der Waals surface area contributed by atoms with Gasteiger partial charge < -0.3 is 10.4 Å². The van der Waals surface area contributed by atoms with Crippen LogP contribution in [-0.2, 0) is 11.2 Å². The van der Waals surface area contributed by atoms with Crippen LogP contribution in [0.2, 0.25) is 0 Å². The second-order valence-corrected chi connectivity index (χ2v) is 5.92. The minimum absolute atomic E-state index is 0.0688. The zero-order valence-electron chi connectivity index (χ0n) is 14.5. The van der Waals surface area contributed by atoms with Crippen molar-refractivity contribution in [1.82, 2.24) is 9.78 Å². The Labute approximate surface area is 145 Å². The van der Waals surface area contributed by atoms with Crippen LogP contribution in [-0.4, -0.2) is 26.8 Å². The molecule has 134 valence electrons. The Kier molecular flexibility index (Phi) is 5.90. The van der Waals surface area contributed by atoms with Gasteiger partial charge in [-0.05, 0) is 43.5 Å². The molecule has 0 fully saturated rings. The number of carboxylic acid groups (broad SMARTS) is 1. The van der Waals surface area contributed by atoms with Crippen molar-refractivity contribution < 1.29 is 19.1 Å². The monoisotopic (exact) mass is 347 g/mol. The number of aromatic nitrogens is 2. The molecule has 1 amide bonds. The topological polar surface area (TPSA) is 84.2 Å². The van der Waals surface area contributed by atoms with E-state index in [0.717, 1.165) is 24.6 Å². The number of aliphatic carboxylic acids is 1. The van der Waals surface area contributed by atoms with Crippen LogP contribution in [0.25, 0.3) is 0 Å². The first kappa shape index (κ1) is 18.6. The Morgan fingerprint density at radius 2 is 1.96 bits per heavy atom. The van der Waals surface area contributed by atoms with Crippen LogP contribution in [0, 0.1) is 12.7 Å². The highest BCUT2D eigenvalue weighted by molar-refractivity contribution is 6.02. The third-order valence-electron chi connectivity index (χ3n) is 4.10. The molecule has 0 bridgehead atoms. The molecule has 0 saturated heterocycles. The predicted octanol–water partition coefficient (Wildman–Crippen LogP) is 3.57. The van der Waals surface area contributed by atoms with Gasteiger partial charge in [-0.15, -0.1) is 0 Å². The number of hydrogen-bond donors (Lipinski definition) is 2. The number of rotatable bonds is 7. The van der Waals surface area contributed by atoms with Crippen LogP contribution < -0.4 is 5.32 Å². The van der Waals surface area contributed by atoms with Gasteiger partial charge in [0.1, 0.15) is 5.82 Å². The zero-order chi connectivity index (χ0) is 18.6. The van der Waals surface area contributed by atoms with Gasteiger partial charge in [-0.2, -0.15) is 5.10 Å². The van der Waals surface area contributed by atoms with E-state index in [1.165, 1.54) is 12.1 Å². The van der Waals surface area contributed by atoms with E-state index in [4.69, 9.17) is 5.11 Å². The molecule has 0 spiro atoms. The molecule has 2 N–H and O–H groups in total. The lowest BCUT2D eigenvalue weighted by molar-refractivity contribution is -0.136. The number of aryl methyl sites for hydroxylation is 1. The van der Waals surface area contributed by atoms with Gasteiger partial charge in [0.25, 0.3) is 5.91 Å². The Morgan fingerprint density at radius 3 is 2.52 bits per heavy atom. The summed E-state index contributed by atoms with van der Waals surface area (Å²) in [6.45, 7) is 6.02. The summed E-state index contributed by atoms with van der Waals surface area (Å²) in [6, 6.07) is 5.87. The molecule has 0 aliphatic rings. The highest BCUT2D eigenvalue weighted by Gasteiger charge is 2.17. The molecule has 0 unspecified atom stereocenters. The number of benzene rings is 1. The Bertz CT molecular complexity index is 782. The van der Waals surface area contributed by atoms with Gasteiger partial charge >= 0.3 is 5.97 Å². The predicted molar refractivity (Wildman–Crippen MR) is 92.3 cm³/mol. The van der Waals surface area contributed by atoms with Crippen LogP contribution in [0.1, 0.15) is 54.5 Å². The molecular weight excluding hydrogens is 325 g/mol. The summed E-state index contributed by atoms with van der Waals surface area (Å²) in [4.78, 5) is 23.0. The lowest BCUT2D eigenvalue weighted by Crippen LogP contribution is -2.15. The SMILES string of the molecule is CCC(CC)n1nc(C(=O)Nc2ccc(CC(=O)O)c(F)c2)cc1C. The summed E-state index contributed by atoms with van der Waals surface area (Å²) in [7, 11) is 0. The van der Waals surface area contributed by atoms with Gasteiger partial charge in [0.05, 0.1) is 12.5 Å². The molecular formula is C18H22FN3O3. The smallest absolute Gasteiger partial charge is 0.307 e. The Morgan fingerprint density at radius 1 is 1.28 bits per heavy atom. The Balaban J connectivity index is 2.16. The average Bonchev–Trinajstić information content (AvgIpc) is 2.93. The van der Waals surface area contributed by atoms with Gasteiger partial charge in [0.2, 0.25) is 0 Å². The molecule has 0 aliphatic carbocycles. The van der Waals surface area contributed by atoms with Crippen molar-refractivity contribution in [2.45, 2.75) is 46.1 Å². The number of amides is 1. The summed E-state index contributed by atoms with van der Waals surface area (Å²) in [5.74, 6) is -2.21. The van der Waals surface area contributed by atoms with E-state index >= 15 is 0 Å². The molecule has 0 aliphatic heterocycles. The maximum Gasteiger partial charge on any atom is 0.307 e. The van der Waals surface area contributed by atoms with Gasteiger partial charge in [-0.1, -0.05) is 19.9 Å². The second kappa shape index (κ2) is 7.92. The minimum Gasteiger partial charge on any atom is -0.481 e. The number of halogens is 1. The molecule has 25 heavy (non-hydrogen) atoms. The molecule has 7 heteroatoms. The largest absolute Gasteiger partial charge is 0.481 e. The molecule has 1 heterocycles. The summed E-state index contributed by atoms with van der Waals surface area (Å²) >= 11 is 0. The highest BCUT2D eigenvalue weighted by atomic mass is 19.1. The molecule has 2 aromatic rings. The van der Waals surface area contributed by atoms with Gasteiger partial charge in [-0.25, -0.2) is 4.39 Å². The molecule has 1 aromatic heterocycles. The summed E-state index contributed by atoms with van der Waals surface area (Å²) in [6.07, 6.45) is 1.42. The Hall–Kier alpha value is -2.70. The first-order valence-corrected chi connectivity index (χ1v) is 8.23. The fraction of sp³-hybridized carbons (Fsp3) is 0.389. The summed E-state index contributed by atoms with van der Waals surface area (Å²) < 4.78 is 15.7. The quantitative estimate of drug-likeness (QED) is 0.802. The van der Waals surface area contributed by atoms with E-state index in [1.54, 1.807) is 6.07 Å². The number of hydrogen-bond acceptors (Lipinski definition) is 3. The molecule has 0 radical (unpaired) electrons. The van der Waals surface area contributed by atoms with E-state index in [2.05, 4.69) is 24.3 Å². The molecule has 2 rings (SSSR count). The maximum absolute atomic E-state index is 13.9. The van der Waals surface area contributed by atoms with Crippen LogP contribution in [0.4, 0.5) is 10.1 Å². The third kappa shape index (κ3) is 4.43. The van der Waals surface area contributed by atoms with Crippen molar-refractivity contribution in [2.24, 2.45) is 0 Å². The van der Waals surface area contributed by atoms with Crippen molar-refractivity contribution in [1.29, 1.82) is 0 Å². The summed E-state index contributed by atoms with van der Waals surface area (Å²) in [5, 5.41) is 15.7. The van der Waals surface area contributed by atoms with Crippen molar-refractivity contribution in [3.8, 4) is 0 Å². The number of carbonyl (C=O) groups excluding carboxylic acids is 1. The van der Waals surface area contributed by atoms with Crippen molar-refractivity contribution in [3.63, 3.8) is 0 Å². The standard InChI is InChI=1S/C18H22FN3O3/c1-4-14(5-2)22-11(3)8-16(21-22)18(25)20-13-7-6-12(9-17(23)24)15(19)10-13/h6-8,10,14H,4-5,9H2,1-3H3,(H,20,25)(H,23,24). The van der Waals surface area contributed by atoms with E-state index in [0.29, 0.717) is 0 Å². The zero-order valence-corrected chi connectivity index (χ0v) is 14.5. The molecule has 0 saturated carbocycles. The summed E-state index contributed by atoms with van der Waals surface area (Å²) in [5.41, 5.74) is 1.48. The van der Waals surface area contributed by atoms with Crippen molar-refractivity contribution in [2.75, 3.05) is 5.32 Å². The number of carbonyl (C=O) groups is 2. The fourth-order valence-electron chi connectivity index (χ4n) is 2.73. The molecule has 6 nitrogen and oxygen atoms in total. The van der Waals surface area contributed by atoms with Crippen LogP contribution in [0.15, 0.2) is 24.3 Å². The van der Waals surface area contributed by atoms with Crippen LogP contribution >= 0.6 is 0 Å². The highest BCUT2D eigenvalue weighted by Crippen LogP contribution is 2.19. The van der Waals surface area contributed by atoms with Crippen molar-refractivity contribution in [3.05, 3.63) is 47.0 Å². The van der Waals surface area contributed by atoms with Gasteiger partial charge in [0, 0.05) is 11.4 Å². The number of anilines is 1. The van der Waals surface area contributed by atoms with Gasteiger partial charge in [-0.3, -0.25) is 14.3 Å². The number of carboxylic acids is 1.